The number of thiophene rings is 1. The number of nitrogens with two attached hydrogens (primary N) is 1. The van der Waals surface area contributed by atoms with Crippen molar-refractivity contribution < 1.29 is 9.90 Å². The Kier molecular flexibility index (Phi) is 4.06. The van der Waals surface area contributed by atoms with Crippen LogP contribution in [0.3, 0.4) is 0 Å². The van der Waals surface area contributed by atoms with E-state index in [1.807, 2.05) is 0 Å². The molecular weight excluding hydrogens is 260 g/mol. The Hall–Kier alpha value is -2.01. The zero-order valence-electron chi connectivity index (χ0n) is 10.6. The molecule has 0 saturated heterocycles. The lowest BCUT2D eigenvalue weighted by Gasteiger charge is -2.10. The van der Waals surface area contributed by atoms with E-state index < -0.39 is 5.97 Å². The van der Waals surface area contributed by atoms with Crippen molar-refractivity contribution in [3.63, 3.8) is 0 Å². The van der Waals surface area contributed by atoms with E-state index in [1.165, 1.54) is 15.8 Å². The van der Waals surface area contributed by atoms with E-state index in [9.17, 15) is 4.79 Å². The third-order valence-corrected chi connectivity index (χ3v) is 4.08. The van der Waals surface area contributed by atoms with Crippen LogP contribution in [0.1, 0.15) is 27.0 Å². The van der Waals surface area contributed by atoms with Gasteiger partial charge in [0.2, 0.25) is 0 Å². The fraction of sp³-hybridized carbons (Fsp3) is 0.214. The van der Waals surface area contributed by atoms with Gasteiger partial charge in [0.15, 0.2) is 0 Å². The molecule has 0 atom stereocenters. The Morgan fingerprint density at radius 3 is 2.68 bits per heavy atom. The van der Waals surface area contributed by atoms with Crippen LogP contribution in [0.5, 0.6) is 0 Å². The molecule has 1 aromatic carbocycles. The van der Waals surface area contributed by atoms with E-state index in [0.717, 1.165) is 6.42 Å². The maximum absolute atomic E-state index is 11.0. The van der Waals surface area contributed by atoms with Gasteiger partial charge < -0.3 is 16.2 Å². The first-order valence-corrected chi connectivity index (χ1v) is 6.86. The SMILES string of the molecule is CCc1ccc(CNc2cccc(C(=O)O)c2N)s1. The summed E-state index contributed by atoms with van der Waals surface area (Å²) in [6.07, 6.45) is 1.03. The number of para-hydroxylation sites is 1. The largest absolute Gasteiger partial charge is 0.478 e. The van der Waals surface area contributed by atoms with Crippen molar-refractivity contribution in [2.75, 3.05) is 11.1 Å². The van der Waals surface area contributed by atoms with Gasteiger partial charge in [-0.05, 0) is 30.7 Å². The maximum Gasteiger partial charge on any atom is 0.337 e. The van der Waals surface area contributed by atoms with Gasteiger partial charge in [-0.3, -0.25) is 0 Å². The van der Waals surface area contributed by atoms with Crippen molar-refractivity contribution in [1.29, 1.82) is 0 Å². The summed E-state index contributed by atoms with van der Waals surface area (Å²) in [4.78, 5) is 13.5. The Bertz CT molecular complexity index is 593. The number of anilines is 2. The van der Waals surface area contributed by atoms with E-state index in [-0.39, 0.29) is 11.3 Å². The van der Waals surface area contributed by atoms with Crippen LogP contribution in [-0.2, 0) is 13.0 Å². The molecule has 0 fully saturated rings. The lowest BCUT2D eigenvalue weighted by atomic mass is 10.1. The highest BCUT2D eigenvalue weighted by molar-refractivity contribution is 7.12. The molecule has 19 heavy (non-hydrogen) atoms. The number of nitrogen functional groups attached to an aromatic ring is 1. The molecule has 1 aromatic heterocycles. The molecule has 0 saturated carbocycles. The number of aromatic carboxylic acids is 1. The number of hydrogen-bond acceptors (Lipinski definition) is 4. The van der Waals surface area contributed by atoms with Crippen LogP contribution in [-0.4, -0.2) is 11.1 Å². The standard InChI is InChI=1S/C14H16N2O2S/c1-2-9-6-7-10(19-9)8-16-12-5-3-4-11(13(12)15)14(17)18/h3-7,16H,2,8,15H2,1H3,(H,17,18). The van der Waals surface area contributed by atoms with E-state index in [0.29, 0.717) is 12.2 Å². The summed E-state index contributed by atoms with van der Waals surface area (Å²) >= 11 is 1.75. The van der Waals surface area contributed by atoms with Crippen LogP contribution < -0.4 is 11.1 Å². The van der Waals surface area contributed by atoms with Crippen molar-refractivity contribution >= 4 is 28.7 Å². The van der Waals surface area contributed by atoms with Crippen molar-refractivity contribution in [3.05, 3.63) is 45.6 Å². The molecule has 0 unspecified atom stereocenters. The molecule has 4 nitrogen and oxygen atoms in total. The number of rotatable bonds is 5. The van der Waals surface area contributed by atoms with E-state index >= 15 is 0 Å². The average Bonchev–Trinajstić information content (AvgIpc) is 2.85. The summed E-state index contributed by atoms with van der Waals surface area (Å²) < 4.78 is 0. The highest BCUT2D eigenvalue weighted by Crippen LogP contribution is 2.24. The summed E-state index contributed by atoms with van der Waals surface area (Å²) in [5.74, 6) is -1.01. The number of nitrogens with one attached hydrogen (secondary N) is 1. The number of carboxylic acid groups (broad SMARTS) is 1. The summed E-state index contributed by atoms with van der Waals surface area (Å²) in [6.45, 7) is 2.77. The molecule has 0 amide bonds. The second kappa shape index (κ2) is 5.75. The highest BCUT2D eigenvalue weighted by atomic mass is 32.1. The molecule has 0 aliphatic carbocycles. The fourth-order valence-electron chi connectivity index (χ4n) is 1.80. The zero-order valence-corrected chi connectivity index (χ0v) is 11.5. The monoisotopic (exact) mass is 276 g/mol. The highest BCUT2D eigenvalue weighted by Gasteiger charge is 2.10. The molecular formula is C14H16N2O2S. The molecule has 0 radical (unpaired) electrons. The van der Waals surface area contributed by atoms with Crippen molar-refractivity contribution in [2.24, 2.45) is 0 Å². The molecule has 0 bridgehead atoms. The zero-order chi connectivity index (χ0) is 13.8. The van der Waals surface area contributed by atoms with Gasteiger partial charge in [0.1, 0.15) is 0 Å². The number of carbonyl (C=O) groups is 1. The normalized spacial score (nSPS) is 10.4. The smallest absolute Gasteiger partial charge is 0.337 e. The summed E-state index contributed by atoms with van der Waals surface area (Å²) in [5.41, 5.74) is 6.91. The van der Waals surface area contributed by atoms with Crippen LogP contribution in [0.2, 0.25) is 0 Å². The van der Waals surface area contributed by atoms with Crippen LogP contribution in [0.4, 0.5) is 11.4 Å². The van der Waals surface area contributed by atoms with Gasteiger partial charge >= 0.3 is 5.97 Å². The van der Waals surface area contributed by atoms with E-state index in [4.69, 9.17) is 10.8 Å². The van der Waals surface area contributed by atoms with Crippen LogP contribution >= 0.6 is 11.3 Å². The average molecular weight is 276 g/mol. The number of hydrogen-bond donors (Lipinski definition) is 3. The Morgan fingerprint density at radius 2 is 2.05 bits per heavy atom. The predicted octanol–water partition coefficient (Wildman–Crippen LogP) is 3.20. The first-order valence-electron chi connectivity index (χ1n) is 6.05. The molecule has 100 valence electrons. The quantitative estimate of drug-likeness (QED) is 0.733. The van der Waals surface area contributed by atoms with Gasteiger partial charge in [-0.15, -0.1) is 11.3 Å². The van der Waals surface area contributed by atoms with Gasteiger partial charge in [-0.2, -0.15) is 0 Å². The molecule has 4 N–H and O–H groups in total. The van der Waals surface area contributed by atoms with Gasteiger partial charge in [0.25, 0.3) is 0 Å². The van der Waals surface area contributed by atoms with Gasteiger partial charge in [0.05, 0.1) is 16.9 Å². The van der Waals surface area contributed by atoms with Crippen molar-refractivity contribution in [3.8, 4) is 0 Å². The minimum atomic E-state index is -1.01. The Morgan fingerprint density at radius 1 is 1.32 bits per heavy atom. The summed E-state index contributed by atoms with van der Waals surface area (Å²) in [5, 5.41) is 12.2. The fourth-order valence-corrected chi connectivity index (χ4v) is 2.69. The molecule has 2 aromatic rings. The van der Waals surface area contributed by atoms with E-state index in [1.54, 1.807) is 23.5 Å². The number of benzene rings is 1. The lowest BCUT2D eigenvalue weighted by Crippen LogP contribution is -2.07. The van der Waals surface area contributed by atoms with Crippen molar-refractivity contribution in [1.82, 2.24) is 0 Å². The van der Waals surface area contributed by atoms with Crippen LogP contribution in [0.15, 0.2) is 30.3 Å². The number of aryl methyl sites for hydroxylation is 1. The molecule has 0 aliphatic heterocycles. The number of carboxylic acids is 1. The topological polar surface area (TPSA) is 75.3 Å². The first kappa shape index (κ1) is 13.4. The molecule has 0 aliphatic rings. The molecule has 5 heteroatoms. The summed E-state index contributed by atoms with van der Waals surface area (Å²) in [7, 11) is 0. The molecule has 2 rings (SSSR count). The second-order valence-electron chi connectivity index (χ2n) is 4.15. The van der Waals surface area contributed by atoms with E-state index in [2.05, 4.69) is 24.4 Å². The molecule has 1 heterocycles. The minimum absolute atomic E-state index is 0.130. The van der Waals surface area contributed by atoms with Gasteiger partial charge in [0, 0.05) is 16.3 Å². The third-order valence-electron chi connectivity index (χ3n) is 2.86. The van der Waals surface area contributed by atoms with Gasteiger partial charge in [-0.25, -0.2) is 4.79 Å². The Labute approximate surface area is 115 Å². The third kappa shape index (κ3) is 3.06. The van der Waals surface area contributed by atoms with Crippen molar-refractivity contribution in [2.45, 2.75) is 19.9 Å². The first-order chi connectivity index (χ1) is 9.11. The second-order valence-corrected chi connectivity index (χ2v) is 5.40. The lowest BCUT2D eigenvalue weighted by molar-refractivity contribution is 0.0698. The van der Waals surface area contributed by atoms with Crippen LogP contribution in [0.25, 0.3) is 0 Å². The molecule has 0 spiro atoms. The Balaban J connectivity index is 2.11. The summed E-state index contributed by atoms with van der Waals surface area (Å²) in [6, 6.07) is 9.17. The van der Waals surface area contributed by atoms with Crippen LogP contribution in [0, 0.1) is 0 Å². The van der Waals surface area contributed by atoms with Gasteiger partial charge in [-0.1, -0.05) is 13.0 Å². The minimum Gasteiger partial charge on any atom is -0.478 e. The predicted molar refractivity (Wildman–Crippen MR) is 78.8 cm³/mol. The maximum atomic E-state index is 11.0.